The highest BCUT2D eigenvalue weighted by Gasteiger charge is 2.13. The third-order valence-corrected chi connectivity index (χ3v) is 2.41. The second kappa shape index (κ2) is 6.50. The summed E-state index contributed by atoms with van der Waals surface area (Å²) < 4.78 is 26.5. The molecule has 1 aromatic carbocycles. The lowest BCUT2D eigenvalue weighted by Crippen LogP contribution is -2.21. The van der Waals surface area contributed by atoms with Crippen molar-refractivity contribution in [1.82, 2.24) is 5.32 Å². The molecule has 0 bridgehead atoms. The number of nitrogens with one attached hydrogen (secondary N) is 1. The molecule has 0 heterocycles. The van der Waals surface area contributed by atoms with E-state index in [0.29, 0.717) is 5.56 Å². The first-order valence-corrected chi connectivity index (χ1v) is 5.88. The van der Waals surface area contributed by atoms with Crippen molar-refractivity contribution in [3.63, 3.8) is 0 Å². The number of rotatable bonds is 5. The first-order chi connectivity index (χ1) is 8.04. The maximum atomic E-state index is 13.7. The van der Waals surface area contributed by atoms with Gasteiger partial charge in [-0.2, -0.15) is 0 Å². The number of hydrogen-bond acceptors (Lipinski definition) is 1. The molecule has 1 N–H and O–H groups in total. The molecule has 0 saturated heterocycles. The van der Waals surface area contributed by atoms with Crippen LogP contribution in [-0.2, 0) is 0 Å². The molecule has 3 heteroatoms. The zero-order valence-electron chi connectivity index (χ0n) is 10.6. The van der Waals surface area contributed by atoms with E-state index in [1.54, 1.807) is 0 Å². The average molecular weight is 239 g/mol. The minimum atomic E-state index is -0.544. The highest BCUT2D eigenvalue weighted by atomic mass is 19.1. The topological polar surface area (TPSA) is 12.0 Å². The predicted octanol–water partition coefficient (Wildman–Crippen LogP) is 3.97. The summed E-state index contributed by atoms with van der Waals surface area (Å²) in [6, 6.07) is 3.52. The fourth-order valence-corrected chi connectivity index (χ4v) is 1.65. The molecule has 94 valence electrons. The van der Waals surface area contributed by atoms with Crippen molar-refractivity contribution in [3.8, 4) is 0 Å². The average Bonchev–Trinajstić information content (AvgIpc) is 2.24. The van der Waals surface area contributed by atoms with Gasteiger partial charge in [-0.3, -0.25) is 0 Å². The van der Waals surface area contributed by atoms with Crippen molar-refractivity contribution in [2.45, 2.75) is 33.2 Å². The standard InChI is InChI=1S/C14H19F2N/c1-4-7-17-14(8-10(2)3)12-6-5-11(15)9-13(12)16/h5-6,8-9,14,17H,4,7H2,1-3H3. The Balaban J connectivity index is 2.99. The van der Waals surface area contributed by atoms with E-state index in [4.69, 9.17) is 0 Å². The lowest BCUT2D eigenvalue weighted by atomic mass is 10.0. The first-order valence-electron chi connectivity index (χ1n) is 5.88. The molecule has 0 radical (unpaired) electrons. The lowest BCUT2D eigenvalue weighted by Gasteiger charge is -2.16. The monoisotopic (exact) mass is 239 g/mol. The van der Waals surface area contributed by atoms with E-state index in [-0.39, 0.29) is 6.04 Å². The third-order valence-electron chi connectivity index (χ3n) is 2.41. The van der Waals surface area contributed by atoms with Gasteiger partial charge in [0, 0.05) is 11.6 Å². The van der Waals surface area contributed by atoms with Crippen LogP contribution >= 0.6 is 0 Å². The van der Waals surface area contributed by atoms with E-state index >= 15 is 0 Å². The Morgan fingerprint density at radius 3 is 2.59 bits per heavy atom. The highest BCUT2D eigenvalue weighted by Crippen LogP contribution is 2.20. The summed E-state index contributed by atoms with van der Waals surface area (Å²) in [4.78, 5) is 0. The molecule has 1 rings (SSSR count). The molecule has 0 spiro atoms. The zero-order valence-corrected chi connectivity index (χ0v) is 10.6. The van der Waals surface area contributed by atoms with Crippen molar-refractivity contribution in [3.05, 3.63) is 47.0 Å². The van der Waals surface area contributed by atoms with Crippen molar-refractivity contribution in [2.75, 3.05) is 6.54 Å². The second-order valence-electron chi connectivity index (χ2n) is 4.34. The van der Waals surface area contributed by atoms with E-state index in [1.165, 1.54) is 12.1 Å². The number of allylic oxidation sites excluding steroid dienone is 1. The molecule has 0 aliphatic heterocycles. The predicted molar refractivity (Wildman–Crippen MR) is 66.8 cm³/mol. The third kappa shape index (κ3) is 4.27. The Hall–Kier alpha value is -1.22. The van der Waals surface area contributed by atoms with Crippen LogP contribution in [0.15, 0.2) is 29.8 Å². The summed E-state index contributed by atoms with van der Waals surface area (Å²) in [6.07, 6.45) is 2.92. The maximum Gasteiger partial charge on any atom is 0.131 e. The first kappa shape index (κ1) is 13.8. The van der Waals surface area contributed by atoms with Crippen LogP contribution in [0.1, 0.15) is 38.8 Å². The van der Waals surface area contributed by atoms with Crippen molar-refractivity contribution >= 4 is 0 Å². The molecule has 0 saturated carbocycles. The molecule has 0 aromatic heterocycles. The van der Waals surface area contributed by atoms with E-state index in [1.807, 2.05) is 26.8 Å². The van der Waals surface area contributed by atoms with Crippen LogP contribution in [0, 0.1) is 11.6 Å². The minimum absolute atomic E-state index is 0.194. The number of benzene rings is 1. The molecular weight excluding hydrogens is 220 g/mol. The van der Waals surface area contributed by atoms with E-state index in [9.17, 15) is 8.78 Å². The van der Waals surface area contributed by atoms with Crippen LogP contribution in [-0.4, -0.2) is 6.54 Å². The lowest BCUT2D eigenvalue weighted by molar-refractivity contribution is 0.538. The van der Waals surface area contributed by atoms with Gasteiger partial charge in [-0.25, -0.2) is 8.78 Å². The number of hydrogen-bond donors (Lipinski definition) is 1. The highest BCUT2D eigenvalue weighted by molar-refractivity contribution is 5.26. The van der Waals surface area contributed by atoms with Crippen molar-refractivity contribution < 1.29 is 8.78 Å². The summed E-state index contributed by atoms with van der Waals surface area (Å²) in [7, 11) is 0. The molecule has 0 fully saturated rings. The van der Waals surface area contributed by atoms with Crippen molar-refractivity contribution in [1.29, 1.82) is 0 Å². The molecule has 0 amide bonds. The van der Waals surface area contributed by atoms with Crippen LogP contribution in [0.2, 0.25) is 0 Å². The molecule has 1 unspecified atom stereocenters. The van der Waals surface area contributed by atoms with E-state index in [2.05, 4.69) is 5.32 Å². The van der Waals surface area contributed by atoms with Gasteiger partial charge in [0.25, 0.3) is 0 Å². The van der Waals surface area contributed by atoms with Gasteiger partial charge in [-0.1, -0.05) is 24.6 Å². The number of halogens is 2. The summed E-state index contributed by atoms with van der Waals surface area (Å²) in [5.41, 5.74) is 1.59. The second-order valence-corrected chi connectivity index (χ2v) is 4.34. The maximum absolute atomic E-state index is 13.7. The molecular formula is C14H19F2N. The summed E-state index contributed by atoms with van der Waals surface area (Å²) >= 11 is 0. The molecule has 1 aromatic rings. The fraction of sp³-hybridized carbons (Fsp3) is 0.429. The van der Waals surface area contributed by atoms with Gasteiger partial charge in [0.15, 0.2) is 0 Å². The Bertz CT molecular complexity index is 395. The van der Waals surface area contributed by atoms with Gasteiger partial charge in [0.2, 0.25) is 0 Å². The van der Waals surface area contributed by atoms with Crippen LogP contribution in [0.3, 0.4) is 0 Å². The smallest absolute Gasteiger partial charge is 0.131 e. The Morgan fingerprint density at radius 2 is 2.06 bits per heavy atom. The summed E-state index contributed by atoms with van der Waals surface area (Å²) in [6.45, 7) is 6.77. The molecule has 0 aliphatic rings. The van der Waals surface area contributed by atoms with Gasteiger partial charge in [-0.05, 0) is 32.9 Å². The normalized spacial score (nSPS) is 12.3. The minimum Gasteiger partial charge on any atom is -0.307 e. The molecule has 17 heavy (non-hydrogen) atoms. The summed E-state index contributed by atoms with van der Waals surface area (Å²) in [5, 5.41) is 3.24. The zero-order chi connectivity index (χ0) is 12.8. The SMILES string of the molecule is CCCNC(C=C(C)C)c1ccc(F)cc1F. The quantitative estimate of drug-likeness (QED) is 0.766. The van der Waals surface area contributed by atoms with Gasteiger partial charge in [0.1, 0.15) is 11.6 Å². The van der Waals surface area contributed by atoms with Crippen LogP contribution in [0.25, 0.3) is 0 Å². The largest absolute Gasteiger partial charge is 0.307 e. The van der Waals surface area contributed by atoms with Gasteiger partial charge in [0.05, 0.1) is 6.04 Å². The summed E-state index contributed by atoms with van der Waals surface area (Å²) in [5.74, 6) is -1.05. The van der Waals surface area contributed by atoms with Gasteiger partial charge in [-0.15, -0.1) is 0 Å². The van der Waals surface area contributed by atoms with Gasteiger partial charge >= 0.3 is 0 Å². The molecule has 1 nitrogen and oxygen atoms in total. The van der Waals surface area contributed by atoms with Crippen molar-refractivity contribution in [2.24, 2.45) is 0 Å². The molecule has 0 aliphatic carbocycles. The Kier molecular flexibility index (Phi) is 5.29. The van der Waals surface area contributed by atoms with Crippen LogP contribution in [0.5, 0.6) is 0 Å². The van der Waals surface area contributed by atoms with Gasteiger partial charge < -0.3 is 5.32 Å². The van der Waals surface area contributed by atoms with E-state index < -0.39 is 11.6 Å². The molecule has 1 atom stereocenters. The fourth-order valence-electron chi connectivity index (χ4n) is 1.65. The Labute approximate surface area is 102 Å². The van der Waals surface area contributed by atoms with E-state index in [0.717, 1.165) is 24.6 Å². The van der Waals surface area contributed by atoms with Crippen LogP contribution in [0.4, 0.5) is 8.78 Å². The Morgan fingerprint density at radius 1 is 1.35 bits per heavy atom. The van der Waals surface area contributed by atoms with Crippen LogP contribution < -0.4 is 5.32 Å².